The molecule has 0 fully saturated rings. The van der Waals surface area contributed by atoms with Gasteiger partial charge < -0.3 is 14.2 Å². The lowest BCUT2D eigenvalue weighted by Crippen LogP contribution is -2.30. The Morgan fingerprint density at radius 1 is 0.359 bits per heavy atom. The van der Waals surface area contributed by atoms with E-state index < -0.39 is 6.10 Å². The van der Waals surface area contributed by atoms with E-state index in [9.17, 15) is 9.59 Å². The number of rotatable bonds is 51. The maximum Gasteiger partial charge on any atom is 0.306 e. The average Bonchev–Trinajstić information content (AvgIpc) is 3.30. The van der Waals surface area contributed by atoms with Gasteiger partial charge in [-0.2, -0.15) is 0 Å². The molecule has 0 radical (unpaired) electrons. The Bertz CT molecular complexity index is 1100. The smallest absolute Gasteiger partial charge is 0.306 e. The van der Waals surface area contributed by atoms with Gasteiger partial charge in [0, 0.05) is 19.4 Å². The molecule has 64 heavy (non-hydrogen) atoms. The molecular weight excluding hydrogens is 789 g/mol. The van der Waals surface area contributed by atoms with Gasteiger partial charge in [-0.15, -0.1) is 0 Å². The molecule has 1 unspecified atom stereocenters. The first kappa shape index (κ1) is 61.6. The minimum Gasteiger partial charge on any atom is -0.462 e. The fourth-order valence-corrected chi connectivity index (χ4v) is 7.91. The van der Waals surface area contributed by atoms with E-state index in [1.807, 2.05) is 0 Å². The van der Waals surface area contributed by atoms with Crippen LogP contribution < -0.4 is 0 Å². The summed E-state index contributed by atoms with van der Waals surface area (Å²) < 4.78 is 17.4. The lowest BCUT2D eigenvalue weighted by molar-refractivity contribution is -0.163. The number of allylic oxidation sites excluding steroid dienone is 10. The molecule has 1 atom stereocenters. The first-order valence-electron chi connectivity index (χ1n) is 27.8. The number of hydrogen-bond acceptors (Lipinski definition) is 5. The third-order valence-corrected chi connectivity index (χ3v) is 12.0. The van der Waals surface area contributed by atoms with Crippen molar-refractivity contribution in [3.63, 3.8) is 0 Å². The number of carbonyl (C=O) groups is 2. The third-order valence-electron chi connectivity index (χ3n) is 12.0. The summed E-state index contributed by atoms with van der Waals surface area (Å²) in [6, 6.07) is 0. The van der Waals surface area contributed by atoms with Crippen molar-refractivity contribution in [2.75, 3.05) is 19.8 Å². The van der Waals surface area contributed by atoms with E-state index in [2.05, 4.69) is 81.5 Å². The Hall–Kier alpha value is -2.40. The quantitative estimate of drug-likeness (QED) is 0.0346. The Kier molecular flexibility index (Phi) is 52.9. The predicted octanol–water partition coefficient (Wildman–Crippen LogP) is 18.9. The Labute approximate surface area is 398 Å². The van der Waals surface area contributed by atoms with Gasteiger partial charge in [-0.3, -0.25) is 9.59 Å². The zero-order valence-electron chi connectivity index (χ0n) is 42.8. The molecule has 0 aromatic heterocycles. The summed E-state index contributed by atoms with van der Waals surface area (Å²) in [7, 11) is 0. The van der Waals surface area contributed by atoms with Crippen molar-refractivity contribution in [1.29, 1.82) is 0 Å². The summed E-state index contributed by atoms with van der Waals surface area (Å²) >= 11 is 0. The van der Waals surface area contributed by atoms with Crippen molar-refractivity contribution >= 4 is 11.9 Å². The monoisotopic (exact) mass is 895 g/mol. The molecule has 0 aromatic rings. The van der Waals surface area contributed by atoms with Crippen molar-refractivity contribution in [3.05, 3.63) is 60.8 Å². The van der Waals surface area contributed by atoms with Crippen molar-refractivity contribution in [2.24, 2.45) is 0 Å². The minimum absolute atomic E-state index is 0.0773. The van der Waals surface area contributed by atoms with Gasteiger partial charge in [0.1, 0.15) is 6.61 Å². The number of hydrogen-bond donors (Lipinski definition) is 0. The molecule has 0 N–H and O–H groups in total. The average molecular weight is 895 g/mol. The topological polar surface area (TPSA) is 61.8 Å². The lowest BCUT2D eigenvalue weighted by Gasteiger charge is -2.18. The zero-order valence-corrected chi connectivity index (χ0v) is 42.8. The Balaban J connectivity index is 4.28. The van der Waals surface area contributed by atoms with Crippen LogP contribution in [-0.4, -0.2) is 37.9 Å². The molecule has 5 heteroatoms. The molecule has 372 valence electrons. The summed E-state index contributed by atoms with van der Waals surface area (Å²) in [5, 5.41) is 0. The second-order valence-electron chi connectivity index (χ2n) is 18.5. The van der Waals surface area contributed by atoms with Crippen LogP contribution >= 0.6 is 0 Å². The molecule has 0 aliphatic carbocycles. The van der Waals surface area contributed by atoms with E-state index in [0.29, 0.717) is 19.4 Å². The Morgan fingerprint density at radius 3 is 1.14 bits per heavy atom. The largest absolute Gasteiger partial charge is 0.462 e. The molecule has 0 amide bonds. The minimum atomic E-state index is -0.546. The summed E-state index contributed by atoms with van der Waals surface area (Å²) in [6.45, 7) is 7.70. The molecule has 0 heterocycles. The van der Waals surface area contributed by atoms with Crippen LogP contribution in [0.15, 0.2) is 60.8 Å². The zero-order chi connectivity index (χ0) is 46.3. The maximum atomic E-state index is 12.8. The fraction of sp³-hybridized carbons (Fsp3) is 0.797. The molecule has 5 nitrogen and oxygen atoms in total. The van der Waals surface area contributed by atoms with Crippen LogP contribution in [0, 0.1) is 0 Å². The van der Waals surface area contributed by atoms with Crippen molar-refractivity contribution in [3.8, 4) is 0 Å². The first-order valence-corrected chi connectivity index (χ1v) is 27.8. The third kappa shape index (κ3) is 52.2. The SMILES string of the molecule is CC/C=C\C/C=C\C/C=C\C/C=C\CCCCCCCOCC(COC(=O)CCCCCCCCC/C=C\CCCCCCCC)OC(=O)CCCCCCCCCCCCCCC. The number of ether oxygens (including phenoxy) is 3. The molecule has 0 aromatic carbocycles. The van der Waals surface area contributed by atoms with E-state index in [0.717, 1.165) is 70.6 Å². The van der Waals surface area contributed by atoms with Gasteiger partial charge in [0.05, 0.1) is 6.61 Å². The standard InChI is InChI=1S/C59H106O5/c1-4-7-10-13-16-19-22-25-27-29-31-33-36-39-42-45-48-51-54-62-55-57(64-59(61)53-50-47-44-41-38-34-24-21-18-15-12-9-6-3)56-63-58(60)52-49-46-43-40-37-35-32-30-28-26-23-20-17-14-11-8-5-2/h7,10,16,19,25-28,31,33,57H,4-6,8-9,11-15,17-18,20-24,29-30,32,34-56H2,1-3H3/b10-7-,19-16-,27-25-,28-26-,33-31-. The van der Waals surface area contributed by atoms with Crippen LogP contribution in [0.1, 0.15) is 278 Å². The number of carbonyl (C=O) groups excluding carboxylic acids is 2. The van der Waals surface area contributed by atoms with Gasteiger partial charge in [-0.25, -0.2) is 0 Å². The van der Waals surface area contributed by atoms with Crippen LogP contribution in [-0.2, 0) is 23.8 Å². The summed E-state index contributed by atoms with van der Waals surface area (Å²) in [6.07, 6.45) is 69.5. The van der Waals surface area contributed by atoms with Crippen LogP contribution in [0.5, 0.6) is 0 Å². The van der Waals surface area contributed by atoms with Crippen LogP contribution in [0.3, 0.4) is 0 Å². The van der Waals surface area contributed by atoms with Crippen LogP contribution in [0.25, 0.3) is 0 Å². The van der Waals surface area contributed by atoms with Gasteiger partial charge in [-0.1, -0.05) is 242 Å². The van der Waals surface area contributed by atoms with Crippen molar-refractivity contribution < 1.29 is 23.8 Å². The number of unbranched alkanes of at least 4 members (excludes halogenated alkanes) is 30. The molecule has 0 saturated heterocycles. The van der Waals surface area contributed by atoms with Gasteiger partial charge in [0.2, 0.25) is 0 Å². The normalized spacial score (nSPS) is 12.6. The van der Waals surface area contributed by atoms with E-state index in [-0.39, 0.29) is 25.2 Å². The summed E-state index contributed by atoms with van der Waals surface area (Å²) in [5.74, 6) is -0.402. The van der Waals surface area contributed by atoms with Crippen LogP contribution in [0.4, 0.5) is 0 Å². The first-order chi connectivity index (χ1) is 31.6. The van der Waals surface area contributed by atoms with E-state index in [4.69, 9.17) is 14.2 Å². The van der Waals surface area contributed by atoms with Gasteiger partial charge in [0.25, 0.3) is 0 Å². The molecular formula is C59H106O5. The van der Waals surface area contributed by atoms with E-state index >= 15 is 0 Å². The molecule has 0 aliphatic rings. The highest BCUT2D eigenvalue weighted by Crippen LogP contribution is 2.15. The summed E-state index contributed by atoms with van der Waals surface area (Å²) in [5.41, 5.74) is 0. The lowest BCUT2D eigenvalue weighted by atomic mass is 10.0. The predicted molar refractivity (Wildman–Crippen MR) is 279 cm³/mol. The van der Waals surface area contributed by atoms with Crippen molar-refractivity contribution in [2.45, 2.75) is 284 Å². The second kappa shape index (κ2) is 54.9. The van der Waals surface area contributed by atoms with E-state index in [1.54, 1.807) is 0 Å². The maximum absolute atomic E-state index is 12.8. The molecule has 0 bridgehead atoms. The van der Waals surface area contributed by atoms with Gasteiger partial charge in [-0.05, 0) is 83.5 Å². The molecule has 0 aliphatic heterocycles. The highest BCUT2D eigenvalue weighted by atomic mass is 16.6. The van der Waals surface area contributed by atoms with E-state index in [1.165, 1.54) is 173 Å². The molecule has 0 rings (SSSR count). The highest BCUT2D eigenvalue weighted by Gasteiger charge is 2.17. The second-order valence-corrected chi connectivity index (χ2v) is 18.5. The highest BCUT2D eigenvalue weighted by molar-refractivity contribution is 5.70. The molecule has 0 spiro atoms. The summed E-state index contributed by atoms with van der Waals surface area (Å²) in [4.78, 5) is 25.5. The van der Waals surface area contributed by atoms with Gasteiger partial charge >= 0.3 is 11.9 Å². The van der Waals surface area contributed by atoms with Crippen molar-refractivity contribution in [1.82, 2.24) is 0 Å². The van der Waals surface area contributed by atoms with Crippen LogP contribution in [0.2, 0.25) is 0 Å². The van der Waals surface area contributed by atoms with Gasteiger partial charge in [0.15, 0.2) is 6.10 Å². The fourth-order valence-electron chi connectivity index (χ4n) is 7.91. The Morgan fingerprint density at radius 2 is 0.703 bits per heavy atom. The number of esters is 2. The molecule has 0 saturated carbocycles.